The minimum absolute atomic E-state index is 0.233. The number of fused-ring (bicyclic) bond motifs is 1. The second kappa shape index (κ2) is 5.69. The lowest BCUT2D eigenvalue weighted by atomic mass is 10.1. The predicted octanol–water partition coefficient (Wildman–Crippen LogP) is 3.29. The van der Waals surface area contributed by atoms with E-state index in [0.717, 1.165) is 29.5 Å². The van der Waals surface area contributed by atoms with E-state index in [9.17, 15) is 0 Å². The molecule has 5 heteroatoms. The van der Waals surface area contributed by atoms with Gasteiger partial charge >= 0.3 is 0 Å². The molecule has 1 aromatic carbocycles. The van der Waals surface area contributed by atoms with Crippen LogP contribution >= 0.6 is 0 Å². The van der Waals surface area contributed by atoms with Crippen molar-refractivity contribution in [2.75, 3.05) is 13.2 Å². The lowest BCUT2D eigenvalue weighted by Gasteiger charge is -2.00. The molecule has 22 heavy (non-hydrogen) atoms. The zero-order valence-electron chi connectivity index (χ0n) is 12.0. The van der Waals surface area contributed by atoms with Gasteiger partial charge in [0.05, 0.1) is 18.0 Å². The van der Waals surface area contributed by atoms with Crippen molar-refractivity contribution >= 4 is 23.1 Å². The van der Waals surface area contributed by atoms with Gasteiger partial charge in [-0.25, -0.2) is 0 Å². The van der Waals surface area contributed by atoms with Gasteiger partial charge in [-0.1, -0.05) is 18.2 Å². The molecule has 2 aromatic heterocycles. The number of benzene rings is 1. The van der Waals surface area contributed by atoms with Crippen LogP contribution in [0.5, 0.6) is 0 Å². The van der Waals surface area contributed by atoms with Gasteiger partial charge in [0.2, 0.25) is 11.8 Å². The molecule has 0 bridgehead atoms. The van der Waals surface area contributed by atoms with Crippen molar-refractivity contribution in [1.82, 2.24) is 15.2 Å². The van der Waals surface area contributed by atoms with Gasteiger partial charge < -0.3 is 9.15 Å². The second-order valence-corrected chi connectivity index (χ2v) is 5.29. The Morgan fingerprint density at radius 1 is 1.09 bits per heavy atom. The number of nitrogens with zero attached hydrogens (tertiary/aromatic N) is 3. The Morgan fingerprint density at radius 3 is 2.95 bits per heavy atom. The van der Waals surface area contributed by atoms with Crippen LogP contribution in [0.15, 0.2) is 40.9 Å². The normalized spacial score (nSPS) is 18.5. The third-order valence-corrected chi connectivity index (χ3v) is 3.82. The Hall–Kier alpha value is -2.53. The van der Waals surface area contributed by atoms with Gasteiger partial charge in [-0.15, -0.1) is 10.2 Å². The van der Waals surface area contributed by atoms with Gasteiger partial charge in [-0.3, -0.25) is 4.98 Å². The lowest BCUT2D eigenvalue weighted by molar-refractivity contribution is 0.190. The van der Waals surface area contributed by atoms with Crippen LogP contribution in [0.1, 0.15) is 29.7 Å². The lowest BCUT2D eigenvalue weighted by Crippen LogP contribution is -1.97. The summed E-state index contributed by atoms with van der Waals surface area (Å²) in [6.07, 6.45) is 6.57. The van der Waals surface area contributed by atoms with E-state index < -0.39 is 0 Å². The van der Waals surface area contributed by atoms with Crippen molar-refractivity contribution in [2.24, 2.45) is 0 Å². The largest absolute Gasteiger partial charge is 0.421 e. The van der Waals surface area contributed by atoms with E-state index in [2.05, 4.69) is 21.2 Å². The summed E-state index contributed by atoms with van der Waals surface area (Å²) in [5.74, 6) is 1.41. The molecule has 0 spiro atoms. The molecule has 0 amide bonds. The van der Waals surface area contributed by atoms with Crippen LogP contribution in [0.25, 0.3) is 23.1 Å². The summed E-state index contributed by atoms with van der Waals surface area (Å²) < 4.78 is 11.0. The summed E-state index contributed by atoms with van der Waals surface area (Å²) in [6, 6.07) is 10.0. The number of ether oxygens (including phenoxy) is 1. The minimum Gasteiger partial charge on any atom is -0.421 e. The molecule has 0 radical (unpaired) electrons. The molecule has 5 nitrogen and oxygen atoms in total. The maximum atomic E-state index is 5.70. The van der Waals surface area contributed by atoms with Gasteiger partial charge in [0.25, 0.3) is 0 Å². The maximum Gasteiger partial charge on any atom is 0.240 e. The molecule has 110 valence electrons. The first-order valence-electron chi connectivity index (χ1n) is 7.33. The first-order valence-corrected chi connectivity index (χ1v) is 7.33. The molecule has 1 aliphatic rings. The van der Waals surface area contributed by atoms with E-state index in [-0.39, 0.29) is 5.92 Å². The highest BCUT2D eigenvalue weighted by Gasteiger charge is 2.23. The monoisotopic (exact) mass is 293 g/mol. The van der Waals surface area contributed by atoms with Crippen molar-refractivity contribution in [2.45, 2.75) is 12.3 Å². The highest BCUT2D eigenvalue weighted by atomic mass is 16.5. The molecule has 1 unspecified atom stereocenters. The first-order chi connectivity index (χ1) is 10.9. The average molecular weight is 293 g/mol. The standard InChI is InChI=1S/C17H15N3O2/c1-2-4-15-14(3-1)12(7-9-18-15)5-6-16-19-20-17(22-16)13-8-10-21-11-13/h1-7,9,13H,8,10-11H2/b6-5+. The zero-order chi connectivity index (χ0) is 14.8. The molecule has 4 rings (SSSR count). The third-order valence-electron chi connectivity index (χ3n) is 3.82. The number of rotatable bonds is 3. The number of para-hydroxylation sites is 1. The fraction of sp³-hybridized carbons (Fsp3) is 0.235. The van der Waals surface area contributed by atoms with Crippen molar-refractivity contribution < 1.29 is 9.15 Å². The SMILES string of the molecule is C(=C\c1ccnc2ccccc12)/c1nnc(C2CCOC2)o1. The molecule has 0 saturated carbocycles. The summed E-state index contributed by atoms with van der Waals surface area (Å²) in [6.45, 7) is 1.43. The highest BCUT2D eigenvalue weighted by molar-refractivity contribution is 5.89. The summed E-state index contributed by atoms with van der Waals surface area (Å²) >= 11 is 0. The van der Waals surface area contributed by atoms with Crippen molar-refractivity contribution in [3.8, 4) is 0 Å². The molecule has 3 heterocycles. The highest BCUT2D eigenvalue weighted by Crippen LogP contribution is 2.24. The molecular formula is C17H15N3O2. The van der Waals surface area contributed by atoms with Gasteiger partial charge in [0, 0.05) is 24.3 Å². The Bertz CT molecular complexity index is 814. The summed E-state index contributed by atoms with van der Waals surface area (Å²) in [5.41, 5.74) is 2.05. The Balaban J connectivity index is 1.60. The Kier molecular flexibility index (Phi) is 3.40. The van der Waals surface area contributed by atoms with Crippen LogP contribution in [0.4, 0.5) is 0 Å². The molecule has 3 aromatic rings. The summed E-state index contributed by atoms with van der Waals surface area (Å²) in [5, 5.41) is 9.30. The summed E-state index contributed by atoms with van der Waals surface area (Å²) in [4.78, 5) is 4.35. The zero-order valence-corrected chi connectivity index (χ0v) is 12.0. The summed E-state index contributed by atoms with van der Waals surface area (Å²) in [7, 11) is 0. The molecule has 0 N–H and O–H groups in total. The molecule has 1 aliphatic heterocycles. The van der Waals surface area contributed by atoms with Gasteiger partial charge in [0.1, 0.15) is 0 Å². The van der Waals surface area contributed by atoms with Crippen LogP contribution < -0.4 is 0 Å². The predicted molar refractivity (Wildman–Crippen MR) is 83.1 cm³/mol. The van der Waals surface area contributed by atoms with E-state index in [4.69, 9.17) is 9.15 Å². The van der Waals surface area contributed by atoms with E-state index >= 15 is 0 Å². The minimum atomic E-state index is 0.233. The molecule has 1 fully saturated rings. The topological polar surface area (TPSA) is 61.0 Å². The van der Waals surface area contributed by atoms with E-state index in [1.807, 2.05) is 36.4 Å². The Labute approximate surface area is 127 Å². The molecular weight excluding hydrogens is 278 g/mol. The number of pyridine rings is 1. The number of hydrogen-bond donors (Lipinski definition) is 0. The van der Waals surface area contributed by atoms with Crippen molar-refractivity contribution in [3.05, 3.63) is 53.9 Å². The van der Waals surface area contributed by atoms with Crippen LogP contribution in [0, 0.1) is 0 Å². The average Bonchev–Trinajstić information content (AvgIpc) is 3.24. The van der Waals surface area contributed by atoms with Crippen molar-refractivity contribution in [1.29, 1.82) is 0 Å². The van der Waals surface area contributed by atoms with Crippen LogP contribution in [-0.4, -0.2) is 28.4 Å². The van der Waals surface area contributed by atoms with E-state index in [1.54, 1.807) is 6.20 Å². The fourth-order valence-electron chi connectivity index (χ4n) is 2.63. The van der Waals surface area contributed by atoms with Crippen LogP contribution in [-0.2, 0) is 4.74 Å². The fourth-order valence-corrected chi connectivity index (χ4v) is 2.63. The number of aromatic nitrogens is 3. The molecule has 0 aliphatic carbocycles. The Morgan fingerprint density at radius 2 is 2.05 bits per heavy atom. The second-order valence-electron chi connectivity index (χ2n) is 5.29. The van der Waals surface area contributed by atoms with Gasteiger partial charge in [0.15, 0.2) is 0 Å². The molecule has 1 saturated heterocycles. The third kappa shape index (κ3) is 2.51. The van der Waals surface area contributed by atoms with E-state index in [0.29, 0.717) is 18.4 Å². The van der Waals surface area contributed by atoms with Gasteiger partial charge in [-0.05, 0) is 30.2 Å². The first kappa shape index (κ1) is 13.2. The van der Waals surface area contributed by atoms with Crippen LogP contribution in [0.3, 0.4) is 0 Å². The number of hydrogen-bond acceptors (Lipinski definition) is 5. The maximum absolute atomic E-state index is 5.70. The van der Waals surface area contributed by atoms with Gasteiger partial charge in [-0.2, -0.15) is 0 Å². The molecule has 1 atom stereocenters. The van der Waals surface area contributed by atoms with Crippen molar-refractivity contribution in [3.63, 3.8) is 0 Å². The van der Waals surface area contributed by atoms with E-state index in [1.165, 1.54) is 0 Å². The van der Waals surface area contributed by atoms with Crippen LogP contribution in [0.2, 0.25) is 0 Å². The smallest absolute Gasteiger partial charge is 0.240 e. The quantitative estimate of drug-likeness (QED) is 0.741.